The van der Waals surface area contributed by atoms with Crippen LogP contribution in [0, 0.1) is 10.8 Å². The number of phosphoric acid groups is 1. The summed E-state index contributed by atoms with van der Waals surface area (Å²) in [6, 6.07) is 1.03. The number of carbonyl (C=O) groups excluding carboxylic acids is 2. The first-order valence-corrected chi connectivity index (χ1v) is 16.3. The molecular formula is C24H39N2O13PS2. The van der Waals surface area contributed by atoms with Gasteiger partial charge in [0.05, 0.1) is 43.9 Å². The number of nitrogens with zero attached hydrogens (tertiary/aromatic N) is 1. The number of carbonyl (C=O) groups is 2. The summed E-state index contributed by atoms with van der Waals surface area (Å²) < 4.78 is 36.1. The molecule has 4 atom stereocenters. The standard InChI is InChI=1S/C24H39N2O13PS2/c1-22(2,13-27)19(31)41-10-8-36-40(35,37-9-11-42-20(32)23(3,4)14-28)38-12-15-17(30)24(5,34)18(39-15)26-7-6-16(29)25-21(26)33/h6-7,15,17-18,27-28,30,34H,8-14H2,1-5H3,(H,25,29,33)/t15-,17-,18-,24-/m1/s1. The highest BCUT2D eigenvalue weighted by Gasteiger charge is 2.54. The van der Waals surface area contributed by atoms with Gasteiger partial charge in [0.25, 0.3) is 5.56 Å². The van der Waals surface area contributed by atoms with Crippen LogP contribution in [-0.4, -0.2) is 103 Å². The molecule has 0 saturated carbocycles. The number of hydrogen-bond donors (Lipinski definition) is 5. The Bertz CT molecular complexity index is 1210. The number of ether oxygens (including phenoxy) is 1. The average Bonchev–Trinajstić information content (AvgIpc) is 3.15. The Balaban J connectivity index is 2.09. The highest BCUT2D eigenvalue weighted by Crippen LogP contribution is 2.51. The maximum Gasteiger partial charge on any atom is 0.474 e. The van der Waals surface area contributed by atoms with E-state index >= 15 is 0 Å². The van der Waals surface area contributed by atoms with Crippen molar-refractivity contribution in [2.24, 2.45) is 10.8 Å². The van der Waals surface area contributed by atoms with Crippen molar-refractivity contribution in [2.75, 3.05) is 44.5 Å². The zero-order valence-electron chi connectivity index (χ0n) is 24.0. The number of aliphatic hydroxyl groups excluding tert-OH is 3. The van der Waals surface area contributed by atoms with Gasteiger partial charge in [-0.3, -0.25) is 37.5 Å². The lowest BCUT2D eigenvalue weighted by Crippen LogP contribution is -2.46. The van der Waals surface area contributed by atoms with Gasteiger partial charge in [-0.2, -0.15) is 0 Å². The molecule has 0 spiro atoms. The minimum absolute atomic E-state index is 0.0331. The molecule has 1 aromatic rings. The van der Waals surface area contributed by atoms with E-state index in [1.807, 2.05) is 4.98 Å². The van der Waals surface area contributed by atoms with Gasteiger partial charge in [0.1, 0.15) is 17.8 Å². The fourth-order valence-electron chi connectivity index (χ4n) is 3.35. The van der Waals surface area contributed by atoms with E-state index in [2.05, 4.69) is 0 Å². The van der Waals surface area contributed by atoms with Crippen molar-refractivity contribution in [3.8, 4) is 0 Å². The van der Waals surface area contributed by atoms with Gasteiger partial charge in [0.2, 0.25) is 0 Å². The fraction of sp³-hybridized carbons (Fsp3) is 0.750. The molecule has 0 amide bonds. The van der Waals surface area contributed by atoms with Crippen LogP contribution in [0.25, 0.3) is 0 Å². The molecule has 0 unspecified atom stereocenters. The van der Waals surface area contributed by atoms with E-state index in [1.165, 1.54) is 6.92 Å². The van der Waals surface area contributed by atoms with Crippen LogP contribution in [0.15, 0.2) is 21.9 Å². The molecule has 1 aliphatic heterocycles. The van der Waals surface area contributed by atoms with Crippen molar-refractivity contribution in [2.45, 2.75) is 58.7 Å². The first-order valence-electron chi connectivity index (χ1n) is 12.9. The van der Waals surface area contributed by atoms with Crippen molar-refractivity contribution in [1.29, 1.82) is 0 Å². The SMILES string of the molecule is CC(C)(CO)C(=O)SCCOP(=O)(OCCSC(=O)C(C)(C)CO)OC[C@H]1O[C@@H](n2ccc(=O)[nH]c2=O)[C@](C)(O)[C@@H]1O. The van der Waals surface area contributed by atoms with Gasteiger partial charge in [0, 0.05) is 23.8 Å². The minimum Gasteiger partial charge on any atom is -0.395 e. The molecule has 18 heteroatoms. The van der Waals surface area contributed by atoms with Gasteiger partial charge in [-0.25, -0.2) is 9.36 Å². The van der Waals surface area contributed by atoms with Crippen LogP contribution in [0.2, 0.25) is 0 Å². The van der Waals surface area contributed by atoms with Crippen LogP contribution in [0.4, 0.5) is 0 Å². The molecule has 0 aliphatic carbocycles. The number of rotatable bonds is 16. The first-order chi connectivity index (χ1) is 19.4. The number of aromatic amines is 1. The lowest BCUT2D eigenvalue weighted by atomic mass is 9.96. The third-order valence-corrected chi connectivity index (χ3v) is 10.1. The van der Waals surface area contributed by atoms with E-state index in [9.17, 15) is 44.2 Å². The molecular weight excluding hydrogens is 619 g/mol. The Hall–Kier alpha value is -1.37. The molecule has 1 aromatic heterocycles. The lowest BCUT2D eigenvalue weighted by Gasteiger charge is -2.27. The number of aliphatic hydroxyl groups is 4. The van der Waals surface area contributed by atoms with Gasteiger partial charge in [-0.15, -0.1) is 0 Å². The van der Waals surface area contributed by atoms with E-state index in [1.54, 1.807) is 27.7 Å². The van der Waals surface area contributed by atoms with Gasteiger partial charge < -0.3 is 25.2 Å². The number of aromatic nitrogens is 2. The maximum absolute atomic E-state index is 13.4. The molecule has 0 aromatic carbocycles. The molecule has 1 aliphatic rings. The van der Waals surface area contributed by atoms with Gasteiger partial charge in [-0.1, -0.05) is 23.5 Å². The molecule has 0 bridgehead atoms. The molecule has 42 heavy (non-hydrogen) atoms. The number of nitrogens with one attached hydrogen (secondary N) is 1. The van der Waals surface area contributed by atoms with E-state index in [0.29, 0.717) is 0 Å². The van der Waals surface area contributed by atoms with E-state index in [-0.39, 0.29) is 48.2 Å². The maximum atomic E-state index is 13.4. The van der Waals surface area contributed by atoms with Crippen LogP contribution < -0.4 is 11.2 Å². The van der Waals surface area contributed by atoms with E-state index in [4.69, 9.17) is 18.3 Å². The quantitative estimate of drug-likeness (QED) is 0.119. The normalized spacial score (nSPS) is 23.3. The summed E-state index contributed by atoms with van der Waals surface area (Å²) in [7, 11) is -4.40. The largest absolute Gasteiger partial charge is 0.474 e. The lowest BCUT2D eigenvalue weighted by molar-refractivity contribution is -0.120. The van der Waals surface area contributed by atoms with Crippen molar-refractivity contribution in [3.05, 3.63) is 33.1 Å². The Morgan fingerprint density at radius 1 is 1.05 bits per heavy atom. The van der Waals surface area contributed by atoms with Gasteiger partial charge >= 0.3 is 13.5 Å². The predicted octanol–water partition coefficient (Wildman–Crippen LogP) is 0.260. The highest BCUT2D eigenvalue weighted by molar-refractivity contribution is 8.14. The number of H-pyrrole nitrogens is 1. The third kappa shape index (κ3) is 9.56. The summed E-state index contributed by atoms with van der Waals surface area (Å²) in [6.45, 7) is 5.54. The molecule has 1 fully saturated rings. The molecule has 0 radical (unpaired) electrons. The summed E-state index contributed by atoms with van der Waals surface area (Å²) in [5, 5.41) is 39.6. The van der Waals surface area contributed by atoms with Crippen LogP contribution >= 0.6 is 31.3 Å². The van der Waals surface area contributed by atoms with Gasteiger partial charge in [0.15, 0.2) is 16.5 Å². The second-order valence-corrected chi connectivity index (χ2v) is 14.8. The average molecular weight is 659 g/mol. The Morgan fingerprint density at radius 3 is 2.00 bits per heavy atom. The van der Waals surface area contributed by atoms with E-state index < -0.39 is 60.5 Å². The summed E-state index contributed by atoms with van der Waals surface area (Å²) >= 11 is 1.69. The van der Waals surface area contributed by atoms with E-state index in [0.717, 1.165) is 40.4 Å². The van der Waals surface area contributed by atoms with Crippen molar-refractivity contribution < 1.29 is 52.9 Å². The van der Waals surface area contributed by atoms with Crippen LogP contribution in [0.1, 0.15) is 40.8 Å². The first kappa shape index (κ1) is 36.8. The topological polar surface area (TPSA) is 224 Å². The Labute approximate surface area is 250 Å². The number of hydrogen-bond acceptors (Lipinski definition) is 15. The third-order valence-electron chi connectivity index (χ3n) is 6.28. The summed E-state index contributed by atoms with van der Waals surface area (Å²) in [5.41, 5.74) is -5.60. The second-order valence-electron chi connectivity index (χ2n) is 11.0. The smallest absolute Gasteiger partial charge is 0.395 e. The molecule has 2 rings (SSSR count). The molecule has 15 nitrogen and oxygen atoms in total. The molecule has 1 saturated heterocycles. The highest BCUT2D eigenvalue weighted by atomic mass is 32.2. The van der Waals surface area contributed by atoms with Crippen molar-refractivity contribution in [1.82, 2.24) is 9.55 Å². The van der Waals surface area contributed by atoms with Crippen LogP contribution in [0.5, 0.6) is 0 Å². The number of thioether (sulfide) groups is 2. The van der Waals surface area contributed by atoms with Crippen LogP contribution in [-0.2, 0) is 32.5 Å². The van der Waals surface area contributed by atoms with Crippen molar-refractivity contribution in [3.63, 3.8) is 0 Å². The molecule has 240 valence electrons. The number of phosphoric ester groups is 1. The fourth-order valence-corrected chi connectivity index (χ4v) is 6.40. The molecule has 2 heterocycles. The zero-order chi connectivity index (χ0) is 31.9. The predicted molar refractivity (Wildman–Crippen MR) is 154 cm³/mol. The van der Waals surface area contributed by atoms with Crippen molar-refractivity contribution >= 4 is 41.6 Å². The Kier molecular flexibility index (Phi) is 13.2. The second kappa shape index (κ2) is 15.1. The minimum atomic E-state index is -4.40. The zero-order valence-corrected chi connectivity index (χ0v) is 26.5. The van der Waals surface area contributed by atoms with Crippen LogP contribution in [0.3, 0.4) is 0 Å². The van der Waals surface area contributed by atoms with Gasteiger partial charge in [-0.05, 0) is 34.6 Å². The monoisotopic (exact) mass is 658 g/mol. The summed E-state index contributed by atoms with van der Waals surface area (Å²) in [4.78, 5) is 50.2. The molecule has 5 N–H and O–H groups in total. The summed E-state index contributed by atoms with van der Waals surface area (Å²) in [5.74, 6) is 0.0662. The Morgan fingerprint density at radius 2 is 1.55 bits per heavy atom. The summed E-state index contributed by atoms with van der Waals surface area (Å²) in [6.07, 6.45) is -3.33.